The molecule has 51 valence electrons. The van der Waals surface area contributed by atoms with Crippen LogP contribution in [0.4, 0.5) is 0 Å². The molecule has 0 spiro atoms. The molecule has 0 aliphatic carbocycles. The van der Waals surface area contributed by atoms with Crippen LogP contribution < -0.4 is 0 Å². The van der Waals surface area contributed by atoms with Gasteiger partial charge in [-0.15, -0.1) is 0 Å². The highest BCUT2D eigenvalue weighted by atomic mass is 27.1. The van der Waals surface area contributed by atoms with Crippen molar-refractivity contribution in [1.29, 1.82) is 0 Å². The fourth-order valence-electron chi connectivity index (χ4n) is 0.920. The molecule has 0 amide bonds. The second-order valence-electron chi connectivity index (χ2n) is 2.12. The van der Waals surface area contributed by atoms with Crippen molar-refractivity contribution in [3.8, 4) is 0 Å². The number of rotatable bonds is 2. The van der Waals surface area contributed by atoms with Crippen LogP contribution in [-0.4, -0.2) is 28.4 Å². The topological polar surface area (TPSA) is 18.5 Å². The third-order valence-corrected chi connectivity index (χ3v) is 2.50. The predicted octanol–water partition coefficient (Wildman–Crippen LogP) is 1.20. The van der Waals surface area contributed by atoms with Gasteiger partial charge in [-0.1, -0.05) is 11.7 Å². The SMILES string of the molecule is CCOC1CC[CH2][Al][O]1. The molecule has 0 aromatic heterocycles. The lowest BCUT2D eigenvalue weighted by atomic mass is 10.3. The van der Waals surface area contributed by atoms with Gasteiger partial charge in [0.15, 0.2) is 0 Å². The summed E-state index contributed by atoms with van der Waals surface area (Å²) in [6.07, 6.45) is 2.53. The molecule has 1 heterocycles. The van der Waals surface area contributed by atoms with Gasteiger partial charge in [-0.2, -0.15) is 0 Å². The average Bonchev–Trinajstić information content (AvgIpc) is 1.91. The quantitative estimate of drug-likeness (QED) is 0.541. The third-order valence-electron chi connectivity index (χ3n) is 1.36. The summed E-state index contributed by atoms with van der Waals surface area (Å²) in [5.74, 6) is 0. The van der Waals surface area contributed by atoms with Gasteiger partial charge in [0.25, 0.3) is 0 Å². The summed E-state index contributed by atoms with van der Waals surface area (Å²) in [5.41, 5.74) is 0. The first-order valence-corrected chi connectivity index (χ1v) is 4.81. The standard InChI is InChI=1S/C6H12O2.Al/c1-3-5-6(7)8-4-2;/h6H,1,3-5H2,2H3;/q-1;+1. The molecule has 0 bridgehead atoms. The highest BCUT2D eigenvalue weighted by molar-refractivity contribution is 6.27. The van der Waals surface area contributed by atoms with Gasteiger partial charge >= 0.3 is 15.6 Å². The van der Waals surface area contributed by atoms with Crippen molar-refractivity contribution in [3.63, 3.8) is 0 Å². The van der Waals surface area contributed by atoms with Crippen LogP contribution in [0.15, 0.2) is 0 Å². The molecule has 0 N–H and O–H groups in total. The molecule has 0 aromatic rings. The molecule has 1 saturated heterocycles. The lowest BCUT2D eigenvalue weighted by Crippen LogP contribution is -2.23. The minimum atomic E-state index is 0.138. The van der Waals surface area contributed by atoms with E-state index >= 15 is 0 Å². The normalized spacial score (nSPS) is 27.4. The van der Waals surface area contributed by atoms with E-state index in [0.717, 1.165) is 13.0 Å². The highest BCUT2D eigenvalue weighted by Crippen LogP contribution is 2.12. The second-order valence-corrected chi connectivity index (χ2v) is 3.30. The minimum Gasteiger partial charge on any atom is -0.485 e. The molecule has 1 atom stereocenters. The van der Waals surface area contributed by atoms with Gasteiger partial charge in [0.1, 0.15) is 6.29 Å². The molecule has 3 heteroatoms. The summed E-state index contributed by atoms with van der Waals surface area (Å²) in [4.78, 5) is 0. The van der Waals surface area contributed by atoms with Gasteiger partial charge in [-0.25, -0.2) is 0 Å². The molecular weight excluding hydrogens is 131 g/mol. The smallest absolute Gasteiger partial charge is 0.426 e. The predicted molar refractivity (Wildman–Crippen MR) is 36.3 cm³/mol. The maximum atomic E-state index is 5.38. The highest BCUT2D eigenvalue weighted by Gasteiger charge is 2.13. The van der Waals surface area contributed by atoms with E-state index in [2.05, 4.69) is 0 Å². The molecular formula is C6H12AlO2. The van der Waals surface area contributed by atoms with E-state index in [4.69, 9.17) is 8.53 Å². The maximum Gasteiger partial charge on any atom is 0.426 e. The average molecular weight is 143 g/mol. The van der Waals surface area contributed by atoms with E-state index in [1.807, 2.05) is 6.92 Å². The van der Waals surface area contributed by atoms with Crippen LogP contribution in [0.3, 0.4) is 0 Å². The Bertz CT molecular complexity index is 68.7. The summed E-state index contributed by atoms with van der Waals surface area (Å²) in [6, 6.07) is 0. The fourth-order valence-corrected chi connectivity index (χ4v) is 1.89. The first-order chi connectivity index (χ1) is 4.43. The van der Waals surface area contributed by atoms with Gasteiger partial charge in [0.2, 0.25) is 0 Å². The summed E-state index contributed by atoms with van der Waals surface area (Å²) < 4.78 is 10.7. The van der Waals surface area contributed by atoms with Gasteiger partial charge in [-0.3, -0.25) is 0 Å². The van der Waals surface area contributed by atoms with Crippen LogP contribution in [0.1, 0.15) is 19.8 Å². The van der Waals surface area contributed by atoms with Gasteiger partial charge in [-0.05, 0) is 13.3 Å². The lowest BCUT2D eigenvalue weighted by Gasteiger charge is -2.22. The van der Waals surface area contributed by atoms with Crippen molar-refractivity contribution in [2.45, 2.75) is 31.3 Å². The van der Waals surface area contributed by atoms with E-state index in [-0.39, 0.29) is 21.8 Å². The van der Waals surface area contributed by atoms with Crippen LogP contribution >= 0.6 is 0 Å². The molecule has 1 rings (SSSR count). The molecule has 1 aliphatic rings. The molecule has 0 aromatic carbocycles. The van der Waals surface area contributed by atoms with Gasteiger partial charge < -0.3 is 8.53 Å². The van der Waals surface area contributed by atoms with Crippen molar-refractivity contribution in [1.82, 2.24) is 0 Å². The molecule has 1 fully saturated rings. The Labute approximate surface area is 62.6 Å². The van der Waals surface area contributed by atoms with Gasteiger partial charge in [0.05, 0.1) is 0 Å². The van der Waals surface area contributed by atoms with E-state index in [1.165, 1.54) is 11.7 Å². The van der Waals surface area contributed by atoms with Crippen LogP contribution in [0.5, 0.6) is 0 Å². The number of hydrogen-bond acceptors (Lipinski definition) is 2. The minimum absolute atomic E-state index is 0.138. The van der Waals surface area contributed by atoms with Crippen LogP contribution in [-0.2, 0) is 8.53 Å². The van der Waals surface area contributed by atoms with E-state index in [9.17, 15) is 0 Å². The van der Waals surface area contributed by atoms with E-state index in [0.29, 0.717) is 0 Å². The van der Waals surface area contributed by atoms with Crippen molar-refractivity contribution < 1.29 is 8.53 Å². The maximum absolute atomic E-state index is 5.38. The first-order valence-electron chi connectivity index (χ1n) is 3.52. The summed E-state index contributed by atoms with van der Waals surface area (Å²) in [6.45, 7) is 2.79. The summed E-state index contributed by atoms with van der Waals surface area (Å²) in [5, 5.41) is 1.28. The largest absolute Gasteiger partial charge is 0.485 e. The van der Waals surface area contributed by atoms with E-state index < -0.39 is 0 Å². The monoisotopic (exact) mass is 143 g/mol. The molecule has 1 radical (unpaired) electrons. The third kappa shape index (κ3) is 2.68. The Kier molecular flexibility index (Phi) is 3.61. The zero-order valence-corrected chi connectivity index (χ0v) is 6.95. The zero-order valence-electron chi connectivity index (χ0n) is 5.80. The van der Waals surface area contributed by atoms with Crippen LogP contribution in [0, 0.1) is 0 Å². The fraction of sp³-hybridized carbons (Fsp3) is 1.00. The molecule has 1 aliphatic heterocycles. The number of hydrogen-bond donors (Lipinski definition) is 0. The Morgan fingerprint density at radius 3 is 3.22 bits per heavy atom. The Hall–Kier alpha value is 0.452. The zero-order chi connectivity index (χ0) is 6.53. The molecule has 2 nitrogen and oxygen atoms in total. The second kappa shape index (κ2) is 4.30. The molecule has 9 heavy (non-hydrogen) atoms. The van der Waals surface area contributed by atoms with Crippen molar-refractivity contribution >= 4 is 15.6 Å². The summed E-state index contributed by atoms with van der Waals surface area (Å²) in [7, 11) is 0. The summed E-state index contributed by atoms with van der Waals surface area (Å²) >= 11 is 0.241. The van der Waals surface area contributed by atoms with Gasteiger partial charge in [0, 0.05) is 6.61 Å². The van der Waals surface area contributed by atoms with E-state index in [1.54, 1.807) is 0 Å². The van der Waals surface area contributed by atoms with Crippen LogP contribution in [0.25, 0.3) is 0 Å². The molecule has 0 saturated carbocycles. The van der Waals surface area contributed by atoms with Crippen molar-refractivity contribution in [2.75, 3.05) is 6.61 Å². The lowest BCUT2D eigenvalue weighted by molar-refractivity contribution is -0.0857. The Morgan fingerprint density at radius 1 is 1.78 bits per heavy atom. The molecule has 1 unspecified atom stereocenters. The first kappa shape index (κ1) is 7.56. The van der Waals surface area contributed by atoms with Crippen molar-refractivity contribution in [3.05, 3.63) is 0 Å². The Balaban J connectivity index is 2.08. The Morgan fingerprint density at radius 2 is 2.67 bits per heavy atom. The van der Waals surface area contributed by atoms with Crippen LogP contribution in [0.2, 0.25) is 5.28 Å². The van der Waals surface area contributed by atoms with Crippen molar-refractivity contribution in [2.24, 2.45) is 0 Å². The number of ether oxygens (including phenoxy) is 1.